The molecular weight excluding hydrogens is 313 g/mol. The third-order valence-electron chi connectivity index (χ3n) is 3.16. The highest BCUT2D eigenvalue weighted by Crippen LogP contribution is 2.15. The third-order valence-corrected chi connectivity index (χ3v) is 3.77. The quantitative estimate of drug-likeness (QED) is 0.464. The Morgan fingerprint density at radius 2 is 2.26 bits per heavy atom. The van der Waals surface area contributed by atoms with Crippen LogP contribution in [-0.4, -0.2) is 40.6 Å². The summed E-state index contributed by atoms with van der Waals surface area (Å²) in [5.41, 5.74) is 1.31. The molecule has 1 heterocycles. The molecule has 1 aromatic carbocycles. The van der Waals surface area contributed by atoms with Crippen molar-refractivity contribution < 1.29 is 4.39 Å². The molecule has 0 aliphatic rings. The molecule has 5 nitrogen and oxygen atoms in total. The van der Waals surface area contributed by atoms with E-state index in [1.54, 1.807) is 41.1 Å². The number of aromatic nitrogens is 2. The average molecular weight is 335 g/mol. The molecule has 0 aliphatic carbocycles. The number of rotatable bonds is 7. The van der Waals surface area contributed by atoms with Crippen molar-refractivity contribution in [2.75, 3.05) is 25.1 Å². The molecule has 0 spiro atoms. The molecule has 2 aromatic rings. The second kappa shape index (κ2) is 9.19. The van der Waals surface area contributed by atoms with Crippen molar-refractivity contribution in [1.29, 1.82) is 0 Å². The van der Waals surface area contributed by atoms with E-state index in [1.165, 1.54) is 6.07 Å². The summed E-state index contributed by atoms with van der Waals surface area (Å²) in [4.78, 5) is 8.42. The predicted molar refractivity (Wildman–Crippen MR) is 94.7 cm³/mol. The van der Waals surface area contributed by atoms with Gasteiger partial charge in [0.2, 0.25) is 0 Å². The first-order valence-corrected chi connectivity index (χ1v) is 8.92. The fraction of sp³-hybridized carbons (Fsp3) is 0.375. The predicted octanol–water partition coefficient (Wildman–Crippen LogP) is 2.43. The number of halogens is 1. The Morgan fingerprint density at radius 3 is 2.91 bits per heavy atom. The van der Waals surface area contributed by atoms with Gasteiger partial charge in [-0.25, -0.2) is 14.4 Å². The number of imidazole rings is 1. The number of guanidine groups is 1. The smallest absolute Gasteiger partial charge is 0.191 e. The van der Waals surface area contributed by atoms with Gasteiger partial charge in [-0.05, 0) is 30.9 Å². The summed E-state index contributed by atoms with van der Waals surface area (Å²) in [6.07, 6.45) is 6.99. The normalized spacial score (nSPS) is 11.5. The van der Waals surface area contributed by atoms with Gasteiger partial charge in [0.15, 0.2) is 5.96 Å². The Labute approximate surface area is 140 Å². The maximum absolute atomic E-state index is 14.2. The largest absolute Gasteiger partial charge is 0.357 e. The number of nitrogens with zero attached hydrogens (tertiary/aromatic N) is 3. The molecular formula is C16H22FN5S. The van der Waals surface area contributed by atoms with Crippen molar-refractivity contribution in [3.05, 3.63) is 48.3 Å². The van der Waals surface area contributed by atoms with Gasteiger partial charge in [0, 0.05) is 31.2 Å². The first kappa shape index (κ1) is 17.3. The van der Waals surface area contributed by atoms with Crippen LogP contribution in [0, 0.1) is 5.82 Å². The molecule has 124 valence electrons. The third kappa shape index (κ3) is 5.28. The molecule has 23 heavy (non-hydrogen) atoms. The zero-order valence-corrected chi connectivity index (χ0v) is 14.2. The molecule has 0 amide bonds. The van der Waals surface area contributed by atoms with Crippen LogP contribution < -0.4 is 10.6 Å². The van der Waals surface area contributed by atoms with Crippen molar-refractivity contribution in [2.45, 2.75) is 13.5 Å². The van der Waals surface area contributed by atoms with E-state index in [4.69, 9.17) is 0 Å². The summed E-state index contributed by atoms with van der Waals surface area (Å²) < 4.78 is 15.9. The highest BCUT2D eigenvalue weighted by atomic mass is 32.2. The lowest BCUT2D eigenvalue weighted by Gasteiger charge is -2.11. The van der Waals surface area contributed by atoms with Crippen LogP contribution in [0.1, 0.15) is 12.5 Å². The number of aliphatic imine (C=N–C) groups is 1. The molecule has 0 unspecified atom stereocenters. The van der Waals surface area contributed by atoms with Crippen molar-refractivity contribution in [1.82, 2.24) is 20.2 Å². The minimum Gasteiger partial charge on any atom is -0.357 e. The van der Waals surface area contributed by atoms with Crippen LogP contribution >= 0.6 is 11.8 Å². The lowest BCUT2D eigenvalue weighted by atomic mass is 10.2. The van der Waals surface area contributed by atoms with E-state index in [-0.39, 0.29) is 5.82 Å². The summed E-state index contributed by atoms with van der Waals surface area (Å²) in [6, 6.07) is 5.15. The van der Waals surface area contributed by atoms with Crippen molar-refractivity contribution >= 4 is 17.7 Å². The van der Waals surface area contributed by atoms with Crippen molar-refractivity contribution in [3.63, 3.8) is 0 Å². The second-order valence-corrected chi connectivity index (χ2v) is 5.86. The number of thioether (sulfide) groups is 1. The summed E-state index contributed by atoms with van der Waals surface area (Å²) in [7, 11) is 0. The van der Waals surface area contributed by atoms with Gasteiger partial charge in [-0.2, -0.15) is 11.8 Å². The van der Waals surface area contributed by atoms with Gasteiger partial charge in [0.1, 0.15) is 5.82 Å². The molecule has 0 fully saturated rings. The summed E-state index contributed by atoms with van der Waals surface area (Å²) in [5.74, 6) is 1.48. The van der Waals surface area contributed by atoms with Crippen LogP contribution in [0.15, 0.2) is 41.9 Å². The van der Waals surface area contributed by atoms with Crippen LogP contribution in [-0.2, 0) is 6.54 Å². The van der Waals surface area contributed by atoms with E-state index >= 15 is 0 Å². The van der Waals surface area contributed by atoms with E-state index in [1.807, 2.05) is 13.0 Å². The topological polar surface area (TPSA) is 54.2 Å². The second-order valence-electron chi connectivity index (χ2n) is 4.87. The summed E-state index contributed by atoms with van der Waals surface area (Å²) in [5, 5.41) is 6.44. The molecule has 0 saturated carbocycles. The fourth-order valence-electron chi connectivity index (χ4n) is 2.04. The Bertz CT molecular complexity index is 627. The van der Waals surface area contributed by atoms with E-state index in [0.717, 1.165) is 30.4 Å². The zero-order valence-electron chi connectivity index (χ0n) is 13.4. The molecule has 0 bridgehead atoms. The van der Waals surface area contributed by atoms with Gasteiger partial charge in [0.05, 0.1) is 18.6 Å². The van der Waals surface area contributed by atoms with Gasteiger partial charge in [-0.3, -0.25) is 0 Å². The van der Waals surface area contributed by atoms with Gasteiger partial charge >= 0.3 is 0 Å². The summed E-state index contributed by atoms with van der Waals surface area (Å²) in [6.45, 7) is 4.08. The van der Waals surface area contributed by atoms with E-state index in [2.05, 4.69) is 26.9 Å². The molecule has 0 radical (unpaired) electrons. The van der Waals surface area contributed by atoms with E-state index in [0.29, 0.717) is 12.2 Å². The van der Waals surface area contributed by atoms with Crippen molar-refractivity contribution in [3.8, 4) is 5.69 Å². The Balaban J connectivity index is 2.03. The SMILES string of the molecule is CCNC(=NCc1ccc(-n2ccnc2)c(F)c1)NCCSC. The average Bonchev–Trinajstić information content (AvgIpc) is 3.07. The number of hydrogen-bond acceptors (Lipinski definition) is 3. The lowest BCUT2D eigenvalue weighted by Crippen LogP contribution is -2.38. The van der Waals surface area contributed by atoms with Crippen molar-refractivity contribution in [2.24, 2.45) is 4.99 Å². The minimum atomic E-state index is -0.281. The Kier molecular flexibility index (Phi) is 6.93. The zero-order chi connectivity index (χ0) is 16.5. The van der Waals surface area contributed by atoms with Crippen LogP contribution in [0.2, 0.25) is 0 Å². The molecule has 2 rings (SSSR count). The van der Waals surface area contributed by atoms with Gasteiger partial charge in [-0.15, -0.1) is 0 Å². The monoisotopic (exact) mass is 335 g/mol. The fourth-order valence-corrected chi connectivity index (χ4v) is 2.35. The highest BCUT2D eigenvalue weighted by molar-refractivity contribution is 7.98. The van der Waals surface area contributed by atoms with E-state index in [9.17, 15) is 4.39 Å². The molecule has 1 aromatic heterocycles. The molecule has 0 saturated heterocycles. The van der Waals surface area contributed by atoms with Crippen LogP contribution in [0.4, 0.5) is 4.39 Å². The van der Waals surface area contributed by atoms with Crippen LogP contribution in [0.3, 0.4) is 0 Å². The van der Waals surface area contributed by atoms with E-state index < -0.39 is 0 Å². The number of nitrogens with one attached hydrogen (secondary N) is 2. The molecule has 7 heteroatoms. The lowest BCUT2D eigenvalue weighted by molar-refractivity contribution is 0.615. The first-order chi connectivity index (χ1) is 11.2. The Hall–Kier alpha value is -2.02. The van der Waals surface area contributed by atoms with Gasteiger partial charge < -0.3 is 15.2 Å². The van der Waals surface area contributed by atoms with Crippen LogP contribution in [0.25, 0.3) is 5.69 Å². The number of benzene rings is 1. The Morgan fingerprint density at radius 1 is 1.39 bits per heavy atom. The number of hydrogen-bond donors (Lipinski definition) is 2. The van der Waals surface area contributed by atoms with Gasteiger partial charge in [0.25, 0.3) is 0 Å². The maximum Gasteiger partial charge on any atom is 0.191 e. The molecule has 0 aliphatic heterocycles. The summed E-state index contributed by atoms with van der Waals surface area (Å²) >= 11 is 1.78. The maximum atomic E-state index is 14.2. The minimum absolute atomic E-state index is 0.281. The molecule has 2 N–H and O–H groups in total. The molecule has 0 atom stereocenters. The van der Waals surface area contributed by atoms with Gasteiger partial charge in [-0.1, -0.05) is 6.07 Å². The highest BCUT2D eigenvalue weighted by Gasteiger charge is 2.05. The standard InChI is InChI=1S/C16H22FN5S/c1-3-19-16(20-7-9-23-2)21-11-13-4-5-15(14(17)10-13)22-8-6-18-12-22/h4-6,8,10,12H,3,7,9,11H2,1-2H3,(H2,19,20,21). The van der Waals surface area contributed by atoms with Crippen LogP contribution in [0.5, 0.6) is 0 Å². The first-order valence-electron chi connectivity index (χ1n) is 7.52.